The number of rotatable bonds is 4. The summed E-state index contributed by atoms with van der Waals surface area (Å²) in [6.45, 7) is 6.51. The standard InChI is InChI=1S/C7H18N2/c1-5-8-7(2)6-9(3)4/h7-8H,5-6H2,1-4H3/t7-/m1/s1. The Bertz CT molecular complexity index is 61.9. The van der Waals surface area contributed by atoms with E-state index in [1.54, 1.807) is 0 Å². The van der Waals surface area contributed by atoms with Crippen LogP contribution in [0.4, 0.5) is 0 Å². The van der Waals surface area contributed by atoms with Crippen LogP contribution in [0.25, 0.3) is 0 Å². The van der Waals surface area contributed by atoms with E-state index >= 15 is 0 Å². The van der Waals surface area contributed by atoms with Crippen LogP contribution in [0, 0.1) is 0 Å². The maximum absolute atomic E-state index is 3.34. The van der Waals surface area contributed by atoms with Gasteiger partial charge in [-0.15, -0.1) is 0 Å². The summed E-state index contributed by atoms with van der Waals surface area (Å²) in [5.41, 5.74) is 0. The molecule has 0 radical (unpaired) electrons. The van der Waals surface area contributed by atoms with Gasteiger partial charge in [-0.25, -0.2) is 0 Å². The molecule has 0 unspecified atom stereocenters. The minimum Gasteiger partial charge on any atom is -0.313 e. The highest BCUT2D eigenvalue weighted by Crippen LogP contribution is 1.82. The molecule has 1 N–H and O–H groups in total. The fraction of sp³-hybridized carbons (Fsp3) is 1.00. The van der Waals surface area contributed by atoms with Gasteiger partial charge in [-0.05, 0) is 27.6 Å². The molecular weight excluding hydrogens is 112 g/mol. The first-order chi connectivity index (χ1) is 4.16. The molecule has 2 nitrogen and oxygen atoms in total. The molecule has 0 spiro atoms. The summed E-state index contributed by atoms with van der Waals surface area (Å²) in [5, 5.41) is 3.34. The third-order valence-corrected chi connectivity index (χ3v) is 1.19. The maximum Gasteiger partial charge on any atom is 0.0166 e. The van der Waals surface area contributed by atoms with Gasteiger partial charge in [0.1, 0.15) is 0 Å². The first kappa shape index (κ1) is 8.92. The second-order valence-corrected chi connectivity index (χ2v) is 2.72. The lowest BCUT2D eigenvalue weighted by molar-refractivity contribution is 0.353. The minimum atomic E-state index is 0.616. The predicted octanol–water partition coefficient (Wildman–Crippen LogP) is 0.546. The van der Waals surface area contributed by atoms with E-state index in [0.717, 1.165) is 13.1 Å². The van der Waals surface area contributed by atoms with Crippen LogP contribution in [-0.2, 0) is 0 Å². The molecule has 0 heterocycles. The molecule has 0 aromatic rings. The molecule has 0 amide bonds. The summed E-state index contributed by atoms with van der Waals surface area (Å²) in [6.07, 6.45) is 0. The Kier molecular flexibility index (Phi) is 4.72. The van der Waals surface area contributed by atoms with Crippen molar-refractivity contribution in [2.75, 3.05) is 27.2 Å². The molecule has 9 heavy (non-hydrogen) atoms. The van der Waals surface area contributed by atoms with Crippen molar-refractivity contribution in [3.63, 3.8) is 0 Å². The van der Waals surface area contributed by atoms with Crippen molar-refractivity contribution in [2.24, 2.45) is 0 Å². The average Bonchev–Trinajstić information content (AvgIpc) is 1.63. The van der Waals surface area contributed by atoms with Gasteiger partial charge in [0.15, 0.2) is 0 Å². The largest absolute Gasteiger partial charge is 0.313 e. The van der Waals surface area contributed by atoms with Gasteiger partial charge in [0.05, 0.1) is 0 Å². The van der Waals surface area contributed by atoms with Gasteiger partial charge in [-0.3, -0.25) is 0 Å². The van der Waals surface area contributed by atoms with Crippen LogP contribution in [0.3, 0.4) is 0 Å². The van der Waals surface area contributed by atoms with Crippen molar-refractivity contribution < 1.29 is 0 Å². The molecule has 0 aromatic carbocycles. The van der Waals surface area contributed by atoms with Gasteiger partial charge in [0.25, 0.3) is 0 Å². The summed E-state index contributed by atoms with van der Waals surface area (Å²) < 4.78 is 0. The smallest absolute Gasteiger partial charge is 0.0166 e. The van der Waals surface area contributed by atoms with Crippen molar-refractivity contribution in [3.05, 3.63) is 0 Å². The zero-order valence-electron chi connectivity index (χ0n) is 6.94. The topological polar surface area (TPSA) is 15.3 Å². The van der Waals surface area contributed by atoms with Gasteiger partial charge in [0.2, 0.25) is 0 Å². The zero-order chi connectivity index (χ0) is 7.28. The van der Waals surface area contributed by atoms with E-state index < -0.39 is 0 Å². The lowest BCUT2D eigenvalue weighted by Crippen LogP contribution is -2.35. The number of nitrogens with one attached hydrogen (secondary N) is 1. The van der Waals surface area contributed by atoms with E-state index in [-0.39, 0.29) is 0 Å². The summed E-state index contributed by atoms with van der Waals surface area (Å²) >= 11 is 0. The second-order valence-electron chi connectivity index (χ2n) is 2.72. The molecule has 0 aliphatic carbocycles. The molecule has 1 atom stereocenters. The van der Waals surface area contributed by atoms with E-state index in [0.29, 0.717) is 6.04 Å². The first-order valence-corrected chi connectivity index (χ1v) is 3.55. The molecule has 0 aliphatic heterocycles. The Morgan fingerprint density at radius 3 is 2.33 bits per heavy atom. The minimum absolute atomic E-state index is 0.616. The third-order valence-electron chi connectivity index (χ3n) is 1.19. The Morgan fingerprint density at radius 1 is 1.44 bits per heavy atom. The number of hydrogen-bond donors (Lipinski definition) is 1. The van der Waals surface area contributed by atoms with Crippen LogP contribution in [-0.4, -0.2) is 38.1 Å². The van der Waals surface area contributed by atoms with Crippen LogP contribution < -0.4 is 5.32 Å². The monoisotopic (exact) mass is 130 g/mol. The molecular formula is C7H18N2. The average molecular weight is 130 g/mol. The van der Waals surface area contributed by atoms with Gasteiger partial charge < -0.3 is 10.2 Å². The molecule has 0 bridgehead atoms. The van der Waals surface area contributed by atoms with Crippen LogP contribution in [0.15, 0.2) is 0 Å². The summed E-state index contributed by atoms with van der Waals surface area (Å²) in [7, 11) is 4.18. The highest BCUT2D eigenvalue weighted by atomic mass is 15.1. The van der Waals surface area contributed by atoms with E-state index in [4.69, 9.17) is 0 Å². The lowest BCUT2D eigenvalue weighted by atomic mass is 10.3. The van der Waals surface area contributed by atoms with E-state index in [1.165, 1.54) is 0 Å². The summed E-state index contributed by atoms with van der Waals surface area (Å²) in [4.78, 5) is 2.19. The molecule has 0 fully saturated rings. The van der Waals surface area contributed by atoms with E-state index in [9.17, 15) is 0 Å². The van der Waals surface area contributed by atoms with Crippen LogP contribution >= 0.6 is 0 Å². The van der Waals surface area contributed by atoms with Crippen molar-refractivity contribution >= 4 is 0 Å². The van der Waals surface area contributed by atoms with Crippen molar-refractivity contribution in [1.29, 1.82) is 0 Å². The molecule has 0 rings (SSSR count). The first-order valence-electron chi connectivity index (χ1n) is 3.55. The Morgan fingerprint density at radius 2 is 2.00 bits per heavy atom. The zero-order valence-corrected chi connectivity index (χ0v) is 6.94. The van der Waals surface area contributed by atoms with E-state index in [1.807, 2.05) is 0 Å². The number of hydrogen-bond acceptors (Lipinski definition) is 2. The quantitative estimate of drug-likeness (QED) is 0.597. The van der Waals surface area contributed by atoms with Crippen LogP contribution in [0.5, 0.6) is 0 Å². The third kappa shape index (κ3) is 5.80. The normalized spacial score (nSPS) is 14.3. The van der Waals surface area contributed by atoms with Crippen LogP contribution in [0.2, 0.25) is 0 Å². The fourth-order valence-electron chi connectivity index (χ4n) is 0.961. The van der Waals surface area contributed by atoms with Crippen molar-refractivity contribution in [1.82, 2.24) is 10.2 Å². The molecule has 0 aliphatic rings. The van der Waals surface area contributed by atoms with Crippen molar-refractivity contribution in [2.45, 2.75) is 19.9 Å². The predicted molar refractivity (Wildman–Crippen MR) is 41.7 cm³/mol. The molecule has 56 valence electrons. The summed E-state index contributed by atoms with van der Waals surface area (Å²) in [6, 6.07) is 0.616. The molecule has 2 heteroatoms. The van der Waals surface area contributed by atoms with Gasteiger partial charge >= 0.3 is 0 Å². The van der Waals surface area contributed by atoms with Gasteiger partial charge in [0, 0.05) is 12.6 Å². The highest BCUT2D eigenvalue weighted by Gasteiger charge is 1.98. The summed E-state index contributed by atoms with van der Waals surface area (Å²) in [5.74, 6) is 0. The Balaban J connectivity index is 3.15. The van der Waals surface area contributed by atoms with E-state index in [2.05, 4.69) is 38.2 Å². The lowest BCUT2D eigenvalue weighted by Gasteiger charge is -2.16. The number of nitrogens with zero attached hydrogens (tertiary/aromatic N) is 1. The highest BCUT2D eigenvalue weighted by molar-refractivity contribution is 4.60. The van der Waals surface area contributed by atoms with Crippen LogP contribution in [0.1, 0.15) is 13.8 Å². The number of likely N-dealkylation sites (N-methyl/N-ethyl adjacent to an activating group) is 2. The maximum atomic E-state index is 3.34. The second kappa shape index (κ2) is 4.77. The van der Waals surface area contributed by atoms with Gasteiger partial charge in [-0.2, -0.15) is 0 Å². The Hall–Kier alpha value is -0.0800. The fourth-order valence-corrected chi connectivity index (χ4v) is 0.961. The van der Waals surface area contributed by atoms with Crippen molar-refractivity contribution in [3.8, 4) is 0 Å². The molecule has 0 saturated heterocycles. The SMILES string of the molecule is CCN[C@H](C)CN(C)C. The molecule has 0 aromatic heterocycles. The molecule has 0 saturated carbocycles. The van der Waals surface area contributed by atoms with Gasteiger partial charge in [-0.1, -0.05) is 6.92 Å². The Labute approximate surface area is 58.2 Å².